The van der Waals surface area contributed by atoms with Crippen LogP contribution in [0.3, 0.4) is 0 Å². The first-order valence-corrected chi connectivity index (χ1v) is 6.09. The van der Waals surface area contributed by atoms with E-state index in [0.29, 0.717) is 0 Å². The molecule has 0 aliphatic carbocycles. The zero-order chi connectivity index (χ0) is 11.7. The van der Waals surface area contributed by atoms with Crippen LogP contribution in [0, 0.1) is 10.7 Å². The van der Waals surface area contributed by atoms with Gasteiger partial charge in [0.25, 0.3) is 9.05 Å². The number of thiocyanates is 1. The van der Waals surface area contributed by atoms with Gasteiger partial charge < -0.3 is 0 Å². The Morgan fingerprint density at radius 2 is 1.15 bits per heavy atom. The van der Waals surface area contributed by atoms with Crippen LogP contribution >= 0.6 is 12.6 Å². The van der Waals surface area contributed by atoms with E-state index < -0.39 is 19.5 Å². The summed E-state index contributed by atoms with van der Waals surface area (Å²) in [5.74, 6) is 0. The van der Waals surface area contributed by atoms with Gasteiger partial charge in [0, 0.05) is 11.2 Å². The van der Waals surface area contributed by atoms with Crippen LogP contribution < -0.4 is 0 Å². The quantitative estimate of drug-likeness (QED) is 0.221. The van der Waals surface area contributed by atoms with E-state index in [1.807, 2.05) is 0 Å². The molecule has 80 valence electrons. The van der Waals surface area contributed by atoms with Crippen molar-refractivity contribution < 1.29 is 30.8 Å². The van der Waals surface area contributed by atoms with Crippen molar-refractivity contribution in [3.05, 3.63) is 0 Å². The Hall–Kier alpha value is -0.0000000000000000833. The van der Waals surface area contributed by atoms with Crippen LogP contribution in [0.4, 0.5) is 0 Å². The lowest BCUT2D eigenvalue weighted by atomic mass is 11.8. The van der Waals surface area contributed by atoms with E-state index in [0.717, 1.165) is 0 Å². The Balaban J connectivity index is -0.000000120. The van der Waals surface area contributed by atoms with E-state index in [1.54, 1.807) is 0 Å². The Labute approximate surface area is 84.9 Å². The maximum atomic E-state index is 9.11. The zero-order valence-corrected chi connectivity index (χ0v) is 8.98. The molecule has 0 rings (SSSR count). The molecule has 0 saturated heterocycles. The maximum Gasteiger partial charge on any atom is 0.394 e. The minimum Gasteiger partial charge on any atom is -0.285 e. The summed E-state index contributed by atoms with van der Waals surface area (Å²) in [6.07, 6.45) is 0. The number of hydrogen-bond donors (Lipinski definition) is 5. The monoisotopic (exact) mass is 271 g/mol. The van der Waals surface area contributed by atoms with Gasteiger partial charge in [-0.05, 0) is 0 Å². The minimum atomic E-state index is -4.67. The highest BCUT2D eigenvalue weighted by Crippen LogP contribution is 1.62. The van der Waals surface area contributed by atoms with Gasteiger partial charge in [-0.3, -0.25) is 18.2 Å². The van der Waals surface area contributed by atoms with Crippen LogP contribution in [0.2, 0.25) is 0 Å². The minimum absolute atomic E-state index is 1.44. The number of nitriles is 1. The van der Waals surface area contributed by atoms with E-state index in [1.165, 1.54) is 5.40 Å². The number of thiol groups is 1. The molecule has 13 heavy (non-hydrogen) atoms. The summed E-state index contributed by atoms with van der Waals surface area (Å²) in [6, 6.07) is 0. The third kappa shape index (κ3) is 173000000000000011913562795985076224. The Bertz CT molecular complexity index is 285. The van der Waals surface area contributed by atoms with Crippen LogP contribution in [-0.2, 0) is 30.6 Å². The highest BCUT2D eigenvalue weighted by Gasteiger charge is 1.84. The van der Waals surface area contributed by atoms with E-state index in [-0.39, 0.29) is 0 Å². The Morgan fingerprint density at radius 3 is 1.15 bits per heavy atom. The normalized spacial score (nSPS) is 9.54. The van der Waals surface area contributed by atoms with Crippen molar-refractivity contribution in [1.29, 1.82) is 5.26 Å². The van der Waals surface area contributed by atoms with Crippen molar-refractivity contribution in [2.24, 2.45) is 0 Å². The fourth-order valence-corrected chi connectivity index (χ4v) is 0. The van der Waals surface area contributed by atoms with Crippen molar-refractivity contribution in [3.8, 4) is 5.40 Å². The fraction of sp³-hybridized carbons (Fsp3) is 0. The van der Waals surface area contributed by atoms with Gasteiger partial charge >= 0.3 is 10.4 Å². The van der Waals surface area contributed by atoms with Crippen LogP contribution in [-0.4, -0.2) is 30.8 Å². The molecule has 0 fully saturated rings. The topological polar surface area (TPSA) is 156 Å². The first-order valence-electron chi connectivity index (χ1n) is 1.84. The number of nitrogens with zero attached hydrogens (tertiary/aromatic N) is 1. The molecule has 0 aliphatic heterocycles. The lowest BCUT2D eigenvalue weighted by Crippen LogP contribution is -1.89. The van der Waals surface area contributed by atoms with E-state index in [9.17, 15) is 0 Å². The fourth-order valence-electron chi connectivity index (χ4n) is 0. The van der Waals surface area contributed by atoms with E-state index in [2.05, 4.69) is 23.8 Å². The van der Waals surface area contributed by atoms with Crippen molar-refractivity contribution >= 4 is 43.3 Å². The molecule has 0 amide bonds. The van der Waals surface area contributed by atoms with Gasteiger partial charge in [0.1, 0.15) is 5.40 Å². The summed E-state index contributed by atoms with van der Waals surface area (Å²) in [5, 5.41) is 8.63. The molecule has 0 saturated carbocycles. The molecular formula is CH5NO7S4. The lowest BCUT2D eigenvalue weighted by molar-refractivity contribution is 0.381. The predicted octanol–water partition coefficient (Wildman–Crippen LogP) is -0.577. The van der Waals surface area contributed by atoms with Gasteiger partial charge in [-0.2, -0.15) is 17.9 Å². The SMILES string of the molecule is N#CS.O=S(=O)(O)O.O=S(O)(O)=S. The van der Waals surface area contributed by atoms with Crippen molar-refractivity contribution in [2.45, 2.75) is 0 Å². The van der Waals surface area contributed by atoms with Crippen molar-refractivity contribution in [1.82, 2.24) is 0 Å². The largest absolute Gasteiger partial charge is 0.394 e. The Kier molecular flexibility index (Phi) is 12.4. The smallest absolute Gasteiger partial charge is 0.285 e. The molecule has 12 heteroatoms. The molecule has 0 heterocycles. The second-order valence-electron chi connectivity index (χ2n) is 0.996. The highest BCUT2D eigenvalue weighted by atomic mass is 32.9. The van der Waals surface area contributed by atoms with Gasteiger partial charge in [0.15, 0.2) is 0 Å². The van der Waals surface area contributed by atoms with Gasteiger partial charge in [0.05, 0.1) is 0 Å². The van der Waals surface area contributed by atoms with Gasteiger partial charge in [0.2, 0.25) is 0 Å². The van der Waals surface area contributed by atoms with Crippen molar-refractivity contribution in [3.63, 3.8) is 0 Å². The second kappa shape index (κ2) is 8.59. The zero-order valence-electron chi connectivity index (χ0n) is 5.63. The summed E-state index contributed by atoms with van der Waals surface area (Å²) in [7, 11) is -8.50. The highest BCUT2D eigenvalue weighted by molar-refractivity contribution is 8.26. The molecule has 0 aliphatic rings. The number of hydrogen-bond acceptors (Lipinski definition) is 6. The third-order valence-corrected chi connectivity index (χ3v) is 0. The molecule has 0 atom stereocenters. The summed E-state index contributed by atoms with van der Waals surface area (Å²) < 4.78 is 55.5. The summed E-state index contributed by atoms with van der Waals surface area (Å²) >= 11 is 6.56. The molecule has 4 N–H and O–H groups in total. The average Bonchev–Trinajstić information content (AvgIpc) is 1.52. The molecule has 0 aromatic rings. The summed E-state index contributed by atoms with van der Waals surface area (Å²) in [6.45, 7) is 0. The number of rotatable bonds is 0. The molecule has 0 unspecified atom stereocenters. The molecule has 0 radical (unpaired) electrons. The van der Waals surface area contributed by atoms with E-state index in [4.69, 9.17) is 36.1 Å². The standard InChI is InChI=1S/CHNS.H2O4S.H2O3S2/c2-1-3;2*1-5(2,3)4/h3H;2*(H2,1,2,3,4). The van der Waals surface area contributed by atoms with Crippen LogP contribution in [0.5, 0.6) is 0 Å². The molecule has 8 nitrogen and oxygen atoms in total. The third-order valence-electron chi connectivity index (χ3n) is 0. The molecule has 0 spiro atoms. The first-order chi connectivity index (χ1) is 5.41. The molecule has 0 aromatic heterocycles. The summed E-state index contributed by atoms with van der Waals surface area (Å²) in [4.78, 5) is 0. The van der Waals surface area contributed by atoms with Crippen LogP contribution in [0.25, 0.3) is 0 Å². The van der Waals surface area contributed by atoms with Crippen LogP contribution in [0.1, 0.15) is 0 Å². The first kappa shape index (κ1) is 18.7. The van der Waals surface area contributed by atoms with E-state index >= 15 is 0 Å². The average molecular weight is 271 g/mol. The maximum absolute atomic E-state index is 9.11. The predicted molar refractivity (Wildman–Crippen MR) is 49.5 cm³/mol. The van der Waals surface area contributed by atoms with Crippen molar-refractivity contribution in [2.75, 3.05) is 0 Å². The van der Waals surface area contributed by atoms with Gasteiger partial charge in [-0.15, -0.1) is 0 Å². The van der Waals surface area contributed by atoms with Gasteiger partial charge in [-0.1, -0.05) is 12.6 Å². The summed E-state index contributed by atoms with van der Waals surface area (Å²) in [5.41, 5.74) is 0. The van der Waals surface area contributed by atoms with Crippen LogP contribution in [0.15, 0.2) is 0 Å². The molecule has 0 bridgehead atoms. The molecule has 0 aromatic carbocycles. The Morgan fingerprint density at radius 1 is 1.15 bits per heavy atom. The molecular weight excluding hydrogens is 266 g/mol. The van der Waals surface area contributed by atoms with Gasteiger partial charge in [-0.25, -0.2) is 0 Å². The lowest BCUT2D eigenvalue weighted by Gasteiger charge is -1.73. The second-order valence-corrected chi connectivity index (χ2v) is 4.29.